The number of rotatable bonds is 2. The molecule has 19 heavy (non-hydrogen) atoms. The zero-order valence-electron chi connectivity index (χ0n) is 10.2. The number of nitro groups is 1. The molecule has 0 amide bonds. The van der Waals surface area contributed by atoms with Crippen LogP contribution in [-0.4, -0.2) is 35.5 Å². The van der Waals surface area contributed by atoms with Crippen LogP contribution in [0.2, 0.25) is 0 Å². The molecule has 102 valence electrons. The van der Waals surface area contributed by atoms with Crippen LogP contribution in [0.15, 0.2) is 12.1 Å². The molecule has 0 fully saturated rings. The third-order valence-electron chi connectivity index (χ3n) is 2.47. The summed E-state index contributed by atoms with van der Waals surface area (Å²) in [5, 5.41) is 20.7. The Balaban J connectivity index is 2.57. The lowest BCUT2D eigenvalue weighted by molar-refractivity contribution is -0.386. The molecule has 1 aliphatic rings. The van der Waals surface area contributed by atoms with Crippen molar-refractivity contribution in [2.75, 3.05) is 13.7 Å². The zero-order chi connectivity index (χ0) is 14.2. The van der Waals surface area contributed by atoms with E-state index in [2.05, 4.69) is 4.74 Å². The number of hydrogen-bond donors (Lipinski definition) is 1. The molecule has 0 saturated heterocycles. The minimum atomic E-state index is -1.62. The van der Waals surface area contributed by atoms with Gasteiger partial charge in [0.15, 0.2) is 12.4 Å². The van der Waals surface area contributed by atoms with Gasteiger partial charge < -0.3 is 19.3 Å². The smallest absolute Gasteiger partial charge is 0.338 e. The van der Waals surface area contributed by atoms with Gasteiger partial charge in [-0.25, -0.2) is 4.79 Å². The van der Waals surface area contributed by atoms with Gasteiger partial charge in [-0.3, -0.25) is 10.1 Å². The third kappa shape index (κ3) is 2.43. The highest BCUT2D eigenvalue weighted by Gasteiger charge is 2.36. The Morgan fingerprint density at radius 2 is 2.26 bits per heavy atom. The molecule has 1 atom stereocenters. The maximum atomic E-state index is 11.4. The fraction of sp³-hybridized carbons (Fsp3) is 0.364. The fourth-order valence-electron chi connectivity index (χ4n) is 1.65. The summed E-state index contributed by atoms with van der Waals surface area (Å²) in [5.41, 5.74) is -0.484. The first kappa shape index (κ1) is 13.1. The van der Waals surface area contributed by atoms with Gasteiger partial charge in [-0.1, -0.05) is 0 Å². The van der Waals surface area contributed by atoms with E-state index in [0.717, 1.165) is 13.2 Å². The summed E-state index contributed by atoms with van der Waals surface area (Å²) in [6.45, 7) is 1.09. The van der Waals surface area contributed by atoms with Crippen molar-refractivity contribution in [2.24, 2.45) is 0 Å². The Labute approximate surface area is 107 Å². The van der Waals surface area contributed by atoms with Crippen molar-refractivity contribution in [2.45, 2.75) is 12.7 Å². The molecule has 8 heteroatoms. The summed E-state index contributed by atoms with van der Waals surface area (Å²) >= 11 is 0. The van der Waals surface area contributed by atoms with Crippen LogP contribution < -0.4 is 9.47 Å². The van der Waals surface area contributed by atoms with Gasteiger partial charge in [0.2, 0.25) is 11.5 Å². The number of benzene rings is 1. The highest BCUT2D eigenvalue weighted by atomic mass is 16.7. The van der Waals surface area contributed by atoms with E-state index < -0.39 is 22.4 Å². The van der Waals surface area contributed by atoms with Gasteiger partial charge in [0.05, 0.1) is 17.6 Å². The summed E-state index contributed by atoms with van der Waals surface area (Å²) in [5.74, 6) is -2.56. The van der Waals surface area contributed by atoms with Crippen LogP contribution in [0.5, 0.6) is 11.5 Å². The molecule has 1 N–H and O–H groups in total. The Bertz CT molecular complexity index is 552. The largest absolute Gasteiger partial charge is 0.477 e. The van der Waals surface area contributed by atoms with E-state index >= 15 is 0 Å². The maximum absolute atomic E-state index is 11.4. The summed E-state index contributed by atoms with van der Waals surface area (Å²) in [6, 6.07) is 2.26. The number of ether oxygens (including phenoxy) is 3. The Morgan fingerprint density at radius 1 is 1.58 bits per heavy atom. The van der Waals surface area contributed by atoms with Crippen LogP contribution in [0.3, 0.4) is 0 Å². The van der Waals surface area contributed by atoms with Gasteiger partial charge in [0.25, 0.3) is 0 Å². The number of hydrogen-bond acceptors (Lipinski definition) is 7. The SMILES string of the molecule is COC(=O)c1cc2c(c([N+](=O)[O-])c1)OCC(C)(O)O2. The van der Waals surface area contributed by atoms with Crippen LogP contribution in [0, 0.1) is 10.1 Å². The lowest BCUT2D eigenvalue weighted by atomic mass is 10.1. The summed E-state index contributed by atoms with van der Waals surface area (Å²) in [7, 11) is 1.15. The lowest BCUT2D eigenvalue weighted by Gasteiger charge is -2.30. The van der Waals surface area contributed by atoms with Gasteiger partial charge in [-0.2, -0.15) is 0 Å². The van der Waals surface area contributed by atoms with E-state index in [9.17, 15) is 20.0 Å². The highest BCUT2D eigenvalue weighted by Crippen LogP contribution is 2.42. The molecule has 0 spiro atoms. The molecule has 0 aliphatic carbocycles. The minimum absolute atomic E-state index is 0.0609. The molecule has 0 radical (unpaired) electrons. The monoisotopic (exact) mass is 269 g/mol. The zero-order valence-corrected chi connectivity index (χ0v) is 10.2. The minimum Gasteiger partial charge on any atom is -0.477 e. The molecular formula is C11H11NO7. The van der Waals surface area contributed by atoms with Crippen LogP contribution in [0.25, 0.3) is 0 Å². The Kier molecular flexibility index (Phi) is 3.03. The van der Waals surface area contributed by atoms with Crippen molar-refractivity contribution in [1.82, 2.24) is 0 Å². The first-order chi connectivity index (χ1) is 8.84. The number of fused-ring (bicyclic) bond motifs is 1. The Hall–Kier alpha value is -2.35. The summed E-state index contributed by atoms with van der Waals surface area (Å²) in [6.07, 6.45) is 0. The van der Waals surface area contributed by atoms with E-state index in [0.29, 0.717) is 0 Å². The van der Waals surface area contributed by atoms with Gasteiger partial charge in [-0.05, 0) is 6.07 Å². The predicted octanol–water partition coefficient (Wildman–Crippen LogP) is 0.861. The Morgan fingerprint density at radius 3 is 2.84 bits per heavy atom. The average Bonchev–Trinajstić information content (AvgIpc) is 2.34. The number of nitro benzene ring substituents is 1. The second-order valence-electron chi connectivity index (χ2n) is 4.14. The van der Waals surface area contributed by atoms with E-state index in [1.54, 1.807) is 0 Å². The van der Waals surface area contributed by atoms with E-state index in [1.807, 2.05) is 0 Å². The van der Waals surface area contributed by atoms with Crippen molar-refractivity contribution in [1.29, 1.82) is 0 Å². The van der Waals surface area contributed by atoms with Crippen molar-refractivity contribution < 1.29 is 29.0 Å². The van der Waals surface area contributed by atoms with E-state index in [1.165, 1.54) is 13.0 Å². The first-order valence-corrected chi connectivity index (χ1v) is 5.29. The van der Waals surface area contributed by atoms with Gasteiger partial charge in [0.1, 0.15) is 0 Å². The molecule has 1 heterocycles. The van der Waals surface area contributed by atoms with Crippen molar-refractivity contribution in [3.8, 4) is 11.5 Å². The highest BCUT2D eigenvalue weighted by molar-refractivity contribution is 5.91. The summed E-state index contributed by atoms with van der Waals surface area (Å²) < 4.78 is 14.8. The fourth-order valence-corrected chi connectivity index (χ4v) is 1.65. The molecule has 1 aromatic carbocycles. The molecule has 8 nitrogen and oxygen atoms in total. The van der Waals surface area contributed by atoms with E-state index in [4.69, 9.17) is 9.47 Å². The van der Waals surface area contributed by atoms with Crippen molar-refractivity contribution in [3.05, 3.63) is 27.8 Å². The second kappa shape index (κ2) is 4.39. The normalized spacial score (nSPS) is 20.8. The van der Waals surface area contributed by atoms with Crippen molar-refractivity contribution in [3.63, 3.8) is 0 Å². The first-order valence-electron chi connectivity index (χ1n) is 5.29. The molecule has 1 aliphatic heterocycles. The number of esters is 1. The molecule has 0 saturated carbocycles. The molecule has 1 unspecified atom stereocenters. The predicted molar refractivity (Wildman–Crippen MR) is 61.2 cm³/mol. The van der Waals surface area contributed by atoms with Crippen molar-refractivity contribution >= 4 is 11.7 Å². The lowest BCUT2D eigenvalue weighted by Crippen LogP contribution is -2.41. The number of carbonyl (C=O) groups excluding carboxylic acids is 1. The number of carbonyl (C=O) groups is 1. The molecule has 0 aromatic heterocycles. The topological polar surface area (TPSA) is 108 Å². The van der Waals surface area contributed by atoms with E-state index in [-0.39, 0.29) is 23.7 Å². The average molecular weight is 269 g/mol. The second-order valence-corrected chi connectivity index (χ2v) is 4.14. The molecule has 1 aromatic rings. The molecular weight excluding hydrogens is 258 g/mol. The van der Waals surface area contributed by atoms with Crippen LogP contribution in [-0.2, 0) is 4.74 Å². The maximum Gasteiger partial charge on any atom is 0.338 e. The molecule has 0 bridgehead atoms. The number of methoxy groups -OCH3 is 1. The van der Waals surface area contributed by atoms with Crippen LogP contribution >= 0.6 is 0 Å². The number of aliphatic hydroxyl groups is 1. The van der Waals surface area contributed by atoms with Gasteiger partial charge >= 0.3 is 11.7 Å². The third-order valence-corrected chi connectivity index (χ3v) is 2.47. The quantitative estimate of drug-likeness (QED) is 0.481. The van der Waals surface area contributed by atoms with Crippen LogP contribution in [0.1, 0.15) is 17.3 Å². The standard InChI is InChI=1S/C11H11NO7/c1-11(14)5-18-9-7(12(15)16)3-6(10(13)17-2)4-8(9)19-11/h3-4,14H,5H2,1-2H3. The summed E-state index contributed by atoms with van der Waals surface area (Å²) in [4.78, 5) is 21.7. The number of nitrogens with zero attached hydrogens (tertiary/aromatic N) is 1. The van der Waals surface area contributed by atoms with Gasteiger partial charge in [0, 0.05) is 13.0 Å². The van der Waals surface area contributed by atoms with Crippen LogP contribution in [0.4, 0.5) is 5.69 Å². The molecule has 2 rings (SSSR count). The van der Waals surface area contributed by atoms with Gasteiger partial charge in [-0.15, -0.1) is 0 Å².